The minimum absolute atomic E-state index is 0.0369. The number of nitrogens with one attached hydrogen (secondary N) is 2. The first-order valence-electron chi connectivity index (χ1n) is 10.3. The number of carbonyl (C=O) groups excluding carboxylic acids is 1. The Kier molecular flexibility index (Phi) is 6.29. The van der Waals surface area contributed by atoms with E-state index in [1.807, 2.05) is 30.3 Å². The maximum Gasteiger partial charge on any atom is 0.223 e. The van der Waals surface area contributed by atoms with E-state index in [0.717, 1.165) is 48.1 Å². The summed E-state index contributed by atoms with van der Waals surface area (Å²) in [5.74, 6) is 0.623. The van der Waals surface area contributed by atoms with Gasteiger partial charge >= 0.3 is 0 Å². The molecule has 2 aromatic carbocycles. The van der Waals surface area contributed by atoms with Crippen molar-refractivity contribution in [1.82, 2.24) is 15.3 Å². The fourth-order valence-electron chi connectivity index (χ4n) is 3.97. The van der Waals surface area contributed by atoms with Gasteiger partial charge in [0.1, 0.15) is 0 Å². The Hall–Kier alpha value is -2.92. The quantitative estimate of drug-likeness (QED) is 0.586. The molecule has 0 spiro atoms. The molecule has 1 heterocycles. The number of hydrogen-bond donors (Lipinski definition) is 2. The molecule has 0 aliphatic heterocycles. The van der Waals surface area contributed by atoms with Gasteiger partial charge in [-0.25, -0.2) is 9.97 Å². The van der Waals surface area contributed by atoms with Crippen LogP contribution in [-0.4, -0.2) is 28.0 Å². The standard InChI is InChI=1S/C24H25ClN4O/c1-16(30)27-20-10-12-21(13-11-20)28-24-26-15-22(25)23(29-24)19-9-5-8-18(14-19)17-6-3-2-4-7-17/h2-9,14-15,20-21H,10-13H2,1H3,(H,27,30)(H,26,28,29)/t20-,21-. The number of anilines is 1. The van der Waals surface area contributed by atoms with Gasteiger partial charge < -0.3 is 10.6 Å². The highest BCUT2D eigenvalue weighted by atomic mass is 35.5. The van der Waals surface area contributed by atoms with Crippen molar-refractivity contribution in [3.05, 3.63) is 65.8 Å². The van der Waals surface area contributed by atoms with Crippen LogP contribution in [0.2, 0.25) is 5.02 Å². The SMILES string of the molecule is CC(=O)N[C@H]1CC[C@H](Nc2ncc(Cl)c(-c3cccc(-c4ccccc4)c3)n2)CC1. The third-order valence-electron chi connectivity index (χ3n) is 5.46. The van der Waals surface area contributed by atoms with Gasteiger partial charge in [0.15, 0.2) is 0 Å². The maximum atomic E-state index is 11.2. The number of hydrogen-bond acceptors (Lipinski definition) is 4. The second kappa shape index (κ2) is 9.26. The Balaban J connectivity index is 1.50. The molecule has 154 valence electrons. The van der Waals surface area contributed by atoms with E-state index in [1.54, 1.807) is 13.1 Å². The number of nitrogens with zero attached hydrogens (tertiary/aromatic N) is 2. The number of benzene rings is 2. The van der Waals surface area contributed by atoms with Crippen molar-refractivity contribution < 1.29 is 4.79 Å². The summed E-state index contributed by atoms with van der Waals surface area (Å²) in [6.07, 6.45) is 5.50. The number of halogens is 1. The van der Waals surface area contributed by atoms with Crippen molar-refractivity contribution in [2.75, 3.05) is 5.32 Å². The third kappa shape index (κ3) is 4.97. The first kappa shape index (κ1) is 20.4. The predicted molar refractivity (Wildman–Crippen MR) is 121 cm³/mol. The van der Waals surface area contributed by atoms with E-state index in [2.05, 4.69) is 39.9 Å². The smallest absolute Gasteiger partial charge is 0.223 e. The molecule has 0 bridgehead atoms. The highest BCUT2D eigenvalue weighted by Crippen LogP contribution is 2.30. The highest BCUT2D eigenvalue weighted by molar-refractivity contribution is 6.32. The second-order valence-corrected chi connectivity index (χ2v) is 8.14. The first-order valence-corrected chi connectivity index (χ1v) is 10.7. The summed E-state index contributed by atoms with van der Waals surface area (Å²) in [5.41, 5.74) is 3.95. The van der Waals surface area contributed by atoms with Crippen LogP contribution in [0.15, 0.2) is 60.8 Å². The summed E-state index contributed by atoms with van der Waals surface area (Å²) >= 11 is 6.45. The zero-order chi connectivity index (χ0) is 20.9. The number of carbonyl (C=O) groups is 1. The lowest BCUT2D eigenvalue weighted by Gasteiger charge is -2.29. The lowest BCUT2D eigenvalue weighted by Crippen LogP contribution is -2.39. The molecule has 3 aromatic rings. The first-order chi connectivity index (χ1) is 14.6. The van der Waals surface area contributed by atoms with Crippen molar-refractivity contribution in [2.45, 2.75) is 44.7 Å². The molecule has 2 N–H and O–H groups in total. The van der Waals surface area contributed by atoms with Gasteiger partial charge in [0.05, 0.1) is 16.9 Å². The van der Waals surface area contributed by atoms with Gasteiger partial charge in [0.25, 0.3) is 0 Å². The number of rotatable bonds is 5. The maximum absolute atomic E-state index is 11.2. The van der Waals surface area contributed by atoms with Crippen LogP contribution >= 0.6 is 11.6 Å². The van der Waals surface area contributed by atoms with E-state index in [9.17, 15) is 4.79 Å². The minimum atomic E-state index is 0.0369. The van der Waals surface area contributed by atoms with E-state index < -0.39 is 0 Å². The zero-order valence-corrected chi connectivity index (χ0v) is 17.7. The largest absolute Gasteiger partial charge is 0.354 e. The Labute approximate surface area is 181 Å². The minimum Gasteiger partial charge on any atom is -0.354 e. The number of aromatic nitrogens is 2. The van der Waals surface area contributed by atoms with Crippen molar-refractivity contribution in [2.24, 2.45) is 0 Å². The average Bonchev–Trinajstić information content (AvgIpc) is 2.77. The second-order valence-electron chi connectivity index (χ2n) is 7.73. The lowest BCUT2D eigenvalue weighted by atomic mass is 9.91. The molecule has 1 saturated carbocycles. The molecule has 0 unspecified atom stereocenters. The van der Waals surface area contributed by atoms with Gasteiger partial charge in [-0.05, 0) is 42.9 Å². The molecule has 4 rings (SSSR count). The van der Waals surface area contributed by atoms with Crippen molar-refractivity contribution in [3.63, 3.8) is 0 Å². The molecule has 1 amide bonds. The van der Waals surface area contributed by atoms with Crippen LogP contribution in [0.1, 0.15) is 32.6 Å². The van der Waals surface area contributed by atoms with Crippen molar-refractivity contribution >= 4 is 23.5 Å². The van der Waals surface area contributed by atoms with Gasteiger partial charge in [-0.15, -0.1) is 0 Å². The molecular weight excluding hydrogens is 396 g/mol. The molecule has 0 saturated heterocycles. The molecule has 1 fully saturated rings. The topological polar surface area (TPSA) is 66.9 Å². The average molecular weight is 421 g/mol. The molecule has 30 heavy (non-hydrogen) atoms. The fourth-order valence-corrected chi connectivity index (χ4v) is 4.17. The van der Waals surface area contributed by atoms with Gasteiger partial charge in [-0.1, -0.05) is 60.1 Å². The zero-order valence-electron chi connectivity index (χ0n) is 16.9. The third-order valence-corrected chi connectivity index (χ3v) is 5.73. The fraction of sp³-hybridized carbons (Fsp3) is 0.292. The van der Waals surface area contributed by atoms with E-state index in [4.69, 9.17) is 16.6 Å². The van der Waals surface area contributed by atoms with Gasteiger partial charge in [0, 0.05) is 24.6 Å². The van der Waals surface area contributed by atoms with Gasteiger partial charge in [0.2, 0.25) is 11.9 Å². The van der Waals surface area contributed by atoms with Crippen LogP contribution in [0.4, 0.5) is 5.95 Å². The van der Waals surface area contributed by atoms with E-state index in [0.29, 0.717) is 17.0 Å². The molecule has 6 heteroatoms. The van der Waals surface area contributed by atoms with Crippen LogP contribution in [0.5, 0.6) is 0 Å². The molecule has 0 radical (unpaired) electrons. The van der Waals surface area contributed by atoms with Crippen LogP contribution in [0.25, 0.3) is 22.4 Å². The van der Waals surface area contributed by atoms with Crippen LogP contribution in [-0.2, 0) is 4.79 Å². The van der Waals surface area contributed by atoms with Crippen molar-refractivity contribution in [1.29, 1.82) is 0 Å². The summed E-state index contributed by atoms with van der Waals surface area (Å²) < 4.78 is 0. The summed E-state index contributed by atoms with van der Waals surface area (Å²) in [6.45, 7) is 1.57. The molecule has 5 nitrogen and oxygen atoms in total. The van der Waals surface area contributed by atoms with Crippen LogP contribution in [0, 0.1) is 0 Å². The summed E-state index contributed by atoms with van der Waals surface area (Å²) in [7, 11) is 0. The number of amides is 1. The van der Waals surface area contributed by atoms with Crippen LogP contribution in [0.3, 0.4) is 0 Å². The van der Waals surface area contributed by atoms with Gasteiger partial charge in [-0.2, -0.15) is 0 Å². The Morgan fingerprint density at radius 2 is 1.60 bits per heavy atom. The summed E-state index contributed by atoms with van der Waals surface area (Å²) in [5, 5.41) is 6.98. The van der Waals surface area contributed by atoms with Gasteiger partial charge in [-0.3, -0.25) is 4.79 Å². The normalized spacial score (nSPS) is 18.6. The highest BCUT2D eigenvalue weighted by Gasteiger charge is 2.22. The van der Waals surface area contributed by atoms with E-state index in [-0.39, 0.29) is 11.9 Å². The Morgan fingerprint density at radius 3 is 2.33 bits per heavy atom. The van der Waals surface area contributed by atoms with Crippen LogP contribution < -0.4 is 10.6 Å². The monoisotopic (exact) mass is 420 g/mol. The molecule has 1 aliphatic rings. The van der Waals surface area contributed by atoms with E-state index in [1.165, 1.54) is 0 Å². The summed E-state index contributed by atoms with van der Waals surface area (Å²) in [4.78, 5) is 20.3. The van der Waals surface area contributed by atoms with Crippen molar-refractivity contribution in [3.8, 4) is 22.4 Å². The Bertz CT molecular complexity index is 1020. The molecular formula is C24H25ClN4O. The predicted octanol–water partition coefficient (Wildman–Crippen LogP) is 5.32. The molecule has 1 aromatic heterocycles. The molecule has 1 aliphatic carbocycles. The molecule has 0 atom stereocenters. The van der Waals surface area contributed by atoms with E-state index >= 15 is 0 Å². The summed E-state index contributed by atoms with van der Waals surface area (Å²) in [6, 6.07) is 19.0. The lowest BCUT2D eigenvalue weighted by molar-refractivity contribution is -0.119. The Morgan fingerprint density at radius 1 is 0.933 bits per heavy atom.